The number of esters is 1. The van der Waals surface area contributed by atoms with Gasteiger partial charge in [0.1, 0.15) is 0 Å². The van der Waals surface area contributed by atoms with Crippen molar-refractivity contribution in [3.8, 4) is 5.06 Å². The Morgan fingerprint density at radius 1 is 1.69 bits per heavy atom. The maximum absolute atomic E-state index is 10.5. The fourth-order valence-electron chi connectivity index (χ4n) is 0.819. The normalized spacial score (nSPS) is 9.69. The summed E-state index contributed by atoms with van der Waals surface area (Å²) in [4.78, 5) is 20.9. The van der Waals surface area contributed by atoms with Crippen molar-refractivity contribution in [1.82, 2.24) is 0 Å². The van der Waals surface area contributed by atoms with E-state index in [2.05, 4.69) is 0 Å². The number of carbonyl (C=O) groups is 1. The lowest BCUT2D eigenvalue weighted by atomic mass is 10.4. The number of hydrogen-bond donors (Lipinski definition) is 0. The minimum atomic E-state index is -0.501. The number of nitrogens with zero attached hydrogens (tertiary/aromatic N) is 1. The summed E-state index contributed by atoms with van der Waals surface area (Å²) in [6, 6.07) is 1.25. The molecule has 0 aliphatic carbocycles. The third-order valence-corrected chi connectivity index (χ3v) is 2.23. The molecule has 6 heteroatoms. The highest BCUT2D eigenvalue weighted by atomic mass is 32.1. The lowest BCUT2D eigenvalue weighted by Gasteiger charge is -1.91. The van der Waals surface area contributed by atoms with Crippen LogP contribution in [-0.2, 0) is 4.79 Å². The van der Waals surface area contributed by atoms with Crippen LogP contribution >= 0.6 is 11.3 Å². The molecule has 0 radical (unpaired) electrons. The molecule has 0 spiro atoms. The molecule has 0 amide bonds. The molecule has 0 aliphatic rings. The first-order chi connectivity index (χ1) is 6.00. The zero-order valence-electron chi connectivity index (χ0n) is 7.07. The molecule has 0 saturated heterocycles. The van der Waals surface area contributed by atoms with Gasteiger partial charge in [0.25, 0.3) is 5.69 Å². The summed E-state index contributed by atoms with van der Waals surface area (Å²) in [5.74, 6) is -0.476. The highest BCUT2D eigenvalue weighted by Gasteiger charge is 2.16. The predicted molar refractivity (Wildman–Crippen MR) is 47.0 cm³/mol. The Labute approximate surface area is 78.1 Å². The third kappa shape index (κ3) is 2.25. The van der Waals surface area contributed by atoms with Crippen LogP contribution in [0, 0.1) is 17.0 Å². The van der Waals surface area contributed by atoms with Gasteiger partial charge in [-0.1, -0.05) is 11.3 Å². The molecule has 0 aliphatic heterocycles. The zero-order chi connectivity index (χ0) is 10.0. The van der Waals surface area contributed by atoms with Gasteiger partial charge in [-0.2, -0.15) is 0 Å². The Balaban J connectivity index is 2.95. The summed E-state index contributed by atoms with van der Waals surface area (Å²) in [5, 5.41) is 10.7. The second-order valence-corrected chi connectivity index (χ2v) is 3.58. The van der Waals surface area contributed by atoms with Crippen molar-refractivity contribution in [2.75, 3.05) is 0 Å². The van der Waals surface area contributed by atoms with Crippen LogP contribution in [0.25, 0.3) is 0 Å². The summed E-state index contributed by atoms with van der Waals surface area (Å²) in [7, 11) is 0. The first-order valence-corrected chi connectivity index (χ1v) is 4.25. The Kier molecular flexibility index (Phi) is 2.62. The van der Waals surface area contributed by atoms with Crippen LogP contribution in [-0.4, -0.2) is 10.9 Å². The molecule has 0 atom stereocenters. The standard InChI is InChI=1S/C7H7NO4S/c1-4-6(8(10)11)3-7(13-4)12-5(2)9/h3H,1-2H3. The fraction of sp³-hybridized carbons (Fsp3) is 0.286. The van der Waals surface area contributed by atoms with Gasteiger partial charge >= 0.3 is 5.97 Å². The minimum absolute atomic E-state index is 0.0127. The van der Waals surface area contributed by atoms with Gasteiger partial charge in [0.05, 0.1) is 15.9 Å². The molecule has 0 unspecified atom stereocenters. The van der Waals surface area contributed by atoms with E-state index in [4.69, 9.17) is 4.74 Å². The van der Waals surface area contributed by atoms with Crippen molar-refractivity contribution in [3.63, 3.8) is 0 Å². The predicted octanol–water partition coefficient (Wildman–Crippen LogP) is 1.89. The van der Waals surface area contributed by atoms with Crippen LogP contribution in [0.1, 0.15) is 11.8 Å². The third-order valence-electron chi connectivity index (χ3n) is 1.31. The molecule has 0 saturated carbocycles. The first-order valence-electron chi connectivity index (χ1n) is 3.44. The quantitative estimate of drug-likeness (QED) is 0.416. The smallest absolute Gasteiger partial charge is 0.308 e. The van der Waals surface area contributed by atoms with Crippen molar-refractivity contribution in [1.29, 1.82) is 0 Å². The van der Waals surface area contributed by atoms with Crippen LogP contribution in [0.5, 0.6) is 5.06 Å². The average molecular weight is 201 g/mol. The van der Waals surface area contributed by atoms with E-state index in [1.165, 1.54) is 13.0 Å². The lowest BCUT2D eigenvalue weighted by Crippen LogP contribution is -1.99. The van der Waals surface area contributed by atoms with Crippen molar-refractivity contribution in [2.24, 2.45) is 0 Å². The van der Waals surface area contributed by atoms with Crippen LogP contribution in [0.4, 0.5) is 5.69 Å². The van der Waals surface area contributed by atoms with Gasteiger partial charge in [-0.25, -0.2) is 0 Å². The minimum Gasteiger partial charge on any atom is -0.415 e. The van der Waals surface area contributed by atoms with Crippen molar-refractivity contribution in [2.45, 2.75) is 13.8 Å². The zero-order valence-corrected chi connectivity index (χ0v) is 7.88. The Hall–Kier alpha value is -1.43. The monoisotopic (exact) mass is 201 g/mol. The summed E-state index contributed by atoms with van der Waals surface area (Å²) in [5.41, 5.74) is -0.0127. The van der Waals surface area contributed by atoms with Gasteiger partial charge in [0.15, 0.2) is 5.06 Å². The van der Waals surface area contributed by atoms with Crippen LogP contribution in [0.15, 0.2) is 6.07 Å². The van der Waals surface area contributed by atoms with E-state index in [1.54, 1.807) is 6.92 Å². The lowest BCUT2D eigenvalue weighted by molar-refractivity contribution is -0.385. The van der Waals surface area contributed by atoms with Gasteiger partial charge in [0, 0.05) is 6.92 Å². The Morgan fingerprint density at radius 3 is 2.69 bits per heavy atom. The van der Waals surface area contributed by atoms with Gasteiger partial charge in [-0.15, -0.1) is 0 Å². The second kappa shape index (κ2) is 3.53. The molecule has 1 rings (SSSR count). The Bertz CT molecular complexity index is 357. The van der Waals surface area contributed by atoms with Crippen molar-refractivity contribution < 1.29 is 14.5 Å². The molecule has 0 bridgehead atoms. The number of thiophene rings is 1. The molecule has 0 N–H and O–H groups in total. The summed E-state index contributed by atoms with van der Waals surface area (Å²) >= 11 is 1.09. The van der Waals surface area contributed by atoms with Crippen molar-refractivity contribution >= 4 is 23.0 Å². The van der Waals surface area contributed by atoms with E-state index in [9.17, 15) is 14.9 Å². The molecule has 0 aromatic carbocycles. The average Bonchev–Trinajstić information content (AvgIpc) is 2.29. The van der Waals surface area contributed by atoms with E-state index in [1.807, 2.05) is 0 Å². The number of ether oxygens (including phenoxy) is 1. The highest BCUT2D eigenvalue weighted by molar-refractivity contribution is 7.14. The highest BCUT2D eigenvalue weighted by Crippen LogP contribution is 2.33. The van der Waals surface area contributed by atoms with E-state index < -0.39 is 10.9 Å². The van der Waals surface area contributed by atoms with Gasteiger partial charge in [-0.05, 0) is 6.92 Å². The molecule has 70 valence electrons. The van der Waals surface area contributed by atoms with Crippen LogP contribution in [0.2, 0.25) is 0 Å². The first kappa shape index (κ1) is 9.66. The topological polar surface area (TPSA) is 69.4 Å². The fourth-order valence-corrected chi connectivity index (χ4v) is 1.69. The summed E-state index contributed by atoms with van der Waals surface area (Å²) < 4.78 is 4.70. The Morgan fingerprint density at radius 2 is 2.31 bits per heavy atom. The molecule has 13 heavy (non-hydrogen) atoms. The summed E-state index contributed by atoms with van der Waals surface area (Å²) in [6.07, 6.45) is 0. The molecule has 0 fully saturated rings. The van der Waals surface area contributed by atoms with E-state index >= 15 is 0 Å². The maximum atomic E-state index is 10.5. The van der Waals surface area contributed by atoms with E-state index in [-0.39, 0.29) is 10.8 Å². The molecular formula is C7H7NO4S. The number of aryl methyl sites for hydroxylation is 1. The molecular weight excluding hydrogens is 194 g/mol. The number of nitro groups is 1. The number of carbonyl (C=O) groups excluding carboxylic acids is 1. The number of rotatable bonds is 2. The van der Waals surface area contributed by atoms with Crippen LogP contribution < -0.4 is 4.74 Å². The number of hydrogen-bond acceptors (Lipinski definition) is 5. The van der Waals surface area contributed by atoms with Crippen LogP contribution in [0.3, 0.4) is 0 Å². The van der Waals surface area contributed by atoms with Crippen molar-refractivity contribution in [3.05, 3.63) is 21.1 Å². The maximum Gasteiger partial charge on any atom is 0.308 e. The molecule has 1 aromatic heterocycles. The SMILES string of the molecule is CC(=O)Oc1cc([N+](=O)[O-])c(C)s1. The summed E-state index contributed by atoms with van der Waals surface area (Å²) in [6.45, 7) is 2.86. The van der Waals surface area contributed by atoms with E-state index in [0.29, 0.717) is 4.88 Å². The molecule has 1 heterocycles. The van der Waals surface area contributed by atoms with E-state index in [0.717, 1.165) is 11.3 Å². The molecule has 1 aromatic rings. The van der Waals surface area contributed by atoms with Gasteiger partial charge in [0.2, 0.25) is 0 Å². The molecule has 5 nitrogen and oxygen atoms in total. The second-order valence-electron chi connectivity index (χ2n) is 2.36. The largest absolute Gasteiger partial charge is 0.415 e. The van der Waals surface area contributed by atoms with Gasteiger partial charge < -0.3 is 4.74 Å². The van der Waals surface area contributed by atoms with Gasteiger partial charge in [-0.3, -0.25) is 14.9 Å².